The average Bonchev–Trinajstić information content (AvgIpc) is 3.14. The number of rotatable bonds is 6. The van der Waals surface area contributed by atoms with Crippen molar-refractivity contribution < 1.29 is 23.9 Å². The van der Waals surface area contributed by atoms with Crippen molar-refractivity contribution in [1.82, 2.24) is 10.2 Å². The van der Waals surface area contributed by atoms with E-state index in [9.17, 15) is 14.4 Å². The highest BCUT2D eigenvalue weighted by molar-refractivity contribution is 6.33. The zero-order chi connectivity index (χ0) is 22.0. The van der Waals surface area contributed by atoms with Crippen molar-refractivity contribution in [3.8, 4) is 5.75 Å². The summed E-state index contributed by atoms with van der Waals surface area (Å²) in [6.07, 6.45) is 0. The molecule has 9 heteroatoms. The molecule has 1 atom stereocenters. The lowest BCUT2D eigenvalue weighted by atomic mass is 9.95. The first kappa shape index (κ1) is 20.7. The minimum Gasteiger partial charge on any atom is -0.494 e. The van der Waals surface area contributed by atoms with Crippen molar-refractivity contribution in [1.29, 1.82) is 0 Å². The van der Waals surface area contributed by atoms with Gasteiger partial charge in [0.25, 0.3) is 0 Å². The zero-order valence-electron chi connectivity index (χ0n) is 16.7. The second-order valence-electron chi connectivity index (χ2n) is 6.90. The number of carbonyl (C=O) groups excluding carboxylic acids is 3. The molecule has 0 saturated carbocycles. The van der Waals surface area contributed by atoms with Gasteiger partial charge < -0.3 is 20.1 Å². The third-order valence-electron chi connectivity index (χ3n) is 4.98. The second kappa shape index (κ2) is 8.69. The Hall–Kier alpha value is -3.52. The Morgan fingerprint density at radius 3 is 2.74 bits per heavy atom. The summed E-state index contributed by atoms with van der Waals surface area (Å²) in [4.78, 5) is 39.2. The van der Waals surface area contributed by atoms with E-state index < -0.39 is 23.9 Å². The first-order valence-corrected chi connectivity index (χ1v) is 10.1. The van der Waals surface area contributed by atoms with Crippen LogP contribution in [0.5, 0.6) is 5.75 Å². The lowest BCUT2D eigenvalue weighted by Gasteiger charge is -2.33. The Balaban J connectivity index is 1.63. The Morgan fingerprint density at radius 1 is 1.23 bits per heavy atom. The highest BCUT2D eigenvalue weighted by atomic mass is 35.5. The SMILES string of the molecule is CCOc1ccccc1[C@@H]1NC(=O)N(CC(=O)Nc2ccccc2Cl)C2=C1C(=O)OC2. The number of hydrogen-bond donors (Lipinski definition) is 2. The topological polar surface area (TPSA) is 97.0 Å². The monoisotopic (exact) mass is 441 g/mol. The van der Waals surface area contributed by atoms with Gasteiger partial charge in [-0.05, 0) is 25.1 Å². The van der Waals surface area contributed by atoms with Crippen LogP contribution in [-0.4, -0.2) is 42.6 Å². The molecule has 2 aromatic rings. The number of halogens is 1. The lowest BCUT2D eigenvalue weighted by Crippen LogP contribution is -2.49. The molecule has 0 bridgehead atoms. The fourth-order valence-electron chi connectivity index (χ4n) is 3.61. The number of esters is 1. The number of cyclic esters (lactones) is 1. The normalized spacial score (nSPS) is 17.7. The average molecular weight is 442 g/mol. The number of ether oxygens (including phenoxy) is 2. The molecule has 0 fully saturated rings. The second-order valence-corrected chi connectivity index (χ2v) is 7.31. The highest BCUT2D eigenvalue weighted by Crippen LogP contribution is 2.38. The van der Waals surface area contributed by atoms with Crippen LogP contribution in [0.2, 0.25) is 5.02 Å². The van der Waals surface area contributed by atoms with Crippen molar-refractivity contribution in [3.63, 3.8) is 0 Å². The summed E-state index contributed by atoms with van der Waals surface area (Å²) in [5.41, 5.74) is 1.73. The Labute approximate surface area is 183 Å². The molecule has 2 heterocycles. The summed E-state index contributed by atoms with van der Waals surface area (Å²) in [7, 11) is 0. The minimum absolute atomic E-state index is 0.0890. The number of para-hydroxylation sites is 2. The van der Waals surface area contributed by atoms with Crippen molar-refractivity contribution in [2.45, 2.75) is 13.0 Å². The van der Waals surface area contributed by atoms with Crippen molar-refractivity contribution >= 4 is 35.2 Å². The van der Waals surface area contributed by atoms with Gasteiger partial charge in [0.2, 0.25) is 5.91 Å². The number of nitrogens with zero attached hydrogens (tertiary/aromatic N) is 1. The Kier molecular flexibility index (Phi) is 5.81. The number of hydrogen-bond acceptors (Lipinski definition) is 5. The Morgan fingerprint density at radius 2 is 1.97 bits per heavy atom. The van der Waals surface area contributed by atoms with E-state index >= 15 is 0 Å². The number of benzene rings is 2. The van der Waals surface area contributed by atoms with Crippen LogP contribution in [-0.2, 0) is 14.3 Å². The van der Waals surface area contributed by atoms with Crippen LogP contribution in [0.1, 0.15) is 18.5 Å². The van der Waals surface area contributed by atoms with Gasteiger partial charge in [-0.2, -0.15) is 0 Å². The molecule has 0 unspecified atom stereocenters. The standard InChI is InChI=1S/C22H20ClN3O5/c1-2-30-17-10-6-3-7-13(17)20-19-16(12-31-21(19)28)26(22(29)25-20)11-18(27)24-15-9-5-4-8-14(15)23/h3-10,20H,2,11-12H2,1H3,(H,24,27)(H,25,29)/t20-/m0/s1. The molecule has 3 amide bonds. The van der Waals surface area contributed by atoms with Crippen LogP contribution in [0.25, 0.3) is 0 Å². The van der Waals surface area contributed by atoms with Gasteiger partial charge in [0, 0.05) is 5.56 Å². The molecule has 0 aliphatic carbocycles. The summed E-state index contributed by atoms with van der Waals surface area (Å²) in [5, 5.41) is 5.86. The van der Waals surface area contributed by atoms with Gasteiger partial charge in [-0.15, -0.1) is 0 Å². The molecular formula is C22H20ClN3O5. The maximum absolute atomic E-state index is 12.9. The van der Waals surface area contributed by atoms with Gasteiger partial charge in [0.15, 0.2) is 0 Å². The molecule has 2 aliphatic heterocycles. The largest absolute Gasteiger partial charge is 0.494 e. The number of urea groups is 1. The maximum atomic E-state index is 12.9. The van der Waals surface area contributed by atoms with E-state index in [1.165, 1.54) is 4.90 Å². The molecule has 0 saturated heterocycles. The number of carbonyl (C=O) groups is 3. The summed E-state index contributed by atoms with van der Waals surface area (Å²) >= 11 is 6.08. The van der Waals surface area contributed by atoms with Crippen LogP contribution in [0, 0.1) is 0 Å². The van der Waals surface area contributed by atoms with Crippen molar-refractivity contribution in [3.05, 3.63) is 70.4 Å². The molecule has 0 spiro atoms. The third kappa shape index (κ3) is 4.06. The predicted molar refractivity (Wildman–Crippen MR) is 114 cm³/mol. The first-order chi connectivity index (χ1) is 15.0. The van der Waals surface area contributed by atoms with Crippen molar-refractivity contribution in [2.24, 2.45) is 0 Å². The van der Waals surface area contributed by atoms with E-state index in [0.29, 0.717) is 34.3 Å². The van der Waals surface area contributed by atoms with E-state index in [1.807, 2.05) is 13.0 Å². The molecule has 2 N–H and O–H groups in total. The first-order valence-electron chi connectivity index (χ1n) is 9.74. The molecular weight excluding hydrogens is 422 g/mol. The van der Waals surface area contributed by atoms with E-state index in [-0.39, 0.29) is 18.7 Å². The van der Waals surface area contributed by atoms with Crippen LogP contribution in [0.4, 0.5) is 10.5 Å². The van der Waals surface area contributed by atoms with Gasteiger partial charge in [0.05, 0.1) is 34.6 Å². The van der Waals surface area contributed by atoms with E-state index in [2.05, 4.69) is 10.6 Å². The third-order valence-corrected chi connectivity index (χ3v) is 5.31. The van der Waals surface area contributed by atoms with Gasteiger partial charge in [0.1, 0.15) is 18.9 Å². The molecule has 31 heavy (non-hydrogen) atoms. The summed E-state index contributed by atoms with van der Waals surface area (Å²) in [5.74, 6) is -0.433. The molecule has 0 aromatic heterocycles. The zero-order valence-corrected chi connectivity index (χ0v) is 17.4. The smallest absolute Gasteiger partial charge is 0.338 e. The van der Waals surface area contributed by atoms with Crippen LogP contribution in [0.3, 0.4) is 0 Å². The predicted octanol–water partition coefficient (Wildman–Crippen LogP) is 3.25. The molecule has 8 nitrogen and oxygen atoms in total. The van der Waals surface area contributed by atoms with E-state index in [4.69, 9.17) is 21.1 Å². The quantitative estimate of drug-likeness (QED) is 0.671. The van der Waals surface area contributed by atoms with Gasteiger partial charge in [-0.1, -0.05) is 41.9 Å². The Bertz CT molecular complexity index is 1080. The van der Waals surface area contributed by atoms with Gasteiger partial charge in [-0.25, -0.2) is 9.59 Å². The highest BCUT2D eigenvalue weighted by Gasteiger charge is 2.43. The van der Waals surface area contributed by atoms with Crippen LogP contribution >= 0.6 is 11.6 Å². The number of amides is 3. The lowest BCUT2D eigenvalue weighted by molar-refractivity contribution is -0.136. The van der Waals surface area contributed by atoms with E-state index in [0.717, 1.165) is 0 Å². The fourth-order valence-corrected chi connectivity index (χ4v) is 3.80. The van der Waals surface area contributed by atoms with Crippen molar-refractivity contribution in [2.75, 3.05) is 25.1 Å². The summed E-state index contributed by atoms with van der Waals surface area (Å²) < 4.78 is 10.9. The number of nitrogens with one attached hydrogen (secondary N) is 2. The summed E-state index contributed by atoms with van der Waals surface area (Å²) in [6, 6.07) is 12.7. The van der Waals surface area contributed by atoms with Gasteiger partial charge in [-0.3, -0.25) is 9.69 Å². The molecule has 4 rings (SSSR count). The molecule has 160 valence electrons. The van der Waals surface area contributed by atoms with Gasteiger partial charge >= 0.3 is 12.0 Å². The fraction of sp³-hybridized carbons (Fsp3) is 0.227. The van der Waals surface area contributed by atoms with Crippen LogP contribution < -0.4 is 15.4 Å². The van der Waals surface area contributed by atoms with Crippen LogP contribution in [0.15, 0.2) is 59.8 Å². The number of anilines is 1. The van der Waals surface area contributed by atoms with E-state index in [1.54, 1.807) is 42.5 Å². The molecule has 0 radical (unpaired) electrons. The maximum Gasteiger partial charge on any atom is 0.338 e. The summed E-state index contributed by atoms with van der Waals surface area (Å²) in [6.45, 7) is 1.90. The molecule has 2 aromatic carbocycles. The molecule has 2 aliphatic rings. The minimum atomic E-state index is -0.733.